The Morgan fingerprint density at radius 2 is 1.72 bits per heavy atom. The second-order valence-corrected chi connectivity index (χ2v) is 10.4. The highest BCUT2D eigenvalue weighted by molar-refractivity contribution is 5.81. The van der Waals surface area contributed by atoms with Crippen LogP contribution in [0.15, 0.2) is 84.9 Å². The fourth-order valence-electron chi connectivity index (χ4n) is 6.00. The molecule has 1 heterocycles. The van der Waals surface area contributed by atoms with Gasteiger partial charge in [0, 0.05) is 17.5 Å². The van der Waals surface area contributed by atoms with Crippen molar-refractivity contribution in [3.63, 3.8) is 0 Å². The molecular weight excluding hydrogens is 552 g/mol. The second-order valence-electron chi connectivity index (χ2n) is 10.4. The third-order valence-electron chi connectivity index (χ3n) is 7.97. The number of methoxy groups -OCH3 is 2. The highest BCUT2D eigenvalue weighted by atomic mass is 16.7. The predicted molar refractivity (Wildman–Crippen MR) is 156 cm³/mol. The van der Waals surface area contributed by atoms with Crippen LogP contribution >= 0.6 is 0 Å². The standard InChI is InChI=1S/C34H32O9/c1-38-24-10-12-26(29(18-24)41-15-14-40-19-21-6-4-3-5-7-21)34(37)27-17-23(35)9-11-25(27)31(32(34)33(36)39-2)22-8-13-28-30(16-22)43-20-42-28/h3-13,16-18,31-32,35,37H,14-15,19-20H2,1-2H3/t31-,32-,34?/m0/s1. The number of aliphatic hydroxyl groups is 1. The Kier molecular flexibility index (Phi) is 7.84. The maximum atomic E-state index is 13.7. The van der Waals surface area contributed by atoms with Crippen molar-refractivity contribution in [2.24, 2.45) is 5.92 Å². The third-order valence-corrected chi connectivity index (χ3v) is 7.97. The van der Waals surface area contributed by atoms with E-state index in [2.05, 4.69) is 0 Å². The van der Waals surface area contributed by atoms with Crippen molar-refractivity contribution in [3.8, 4) is 28.7 Å². The van der Waals surface area contributed by atoms with Gasteiger partial charge in [-0.05, 0) is 58.7 Å². The molecule has 9 heteroatoms. The molecule has 0 saturated heterocycles. The van der Waals surface area contributed by atoms with Gasteiger partial charge in [-0.25, -0.2) is 0 Å². The first kappa shape index (κ1) is 28.4. The molecule has 1 aliphatic heterocycles. The van der Waals surface area contributed by atoms with E-state index in [0.717, 1.165) is 5.56 Å². The Labute approximate surface area is 249 Å². The van der Waals surface area contributed by atoms with E-state index in [1.54, 1.807) is 36.4 Å². The number of phenolic OH excluding ortho intramolecular Hbond substituents is 1. The Balaban J connectivity index is 1.40. The maximum absolute atomic E-state index is 13.7. The van der Waals surface area contributed by atoms with E-state index in [4.69, 9.17) is 28.4 Å². The molecule has 0 amide bonds. The van der Waals surface area contributed by atoms with Gasteiger partial charge in [-0.2, -0.15) is 0 Å². The summed E-state index contributed by atoms with van der Waals surface area (Å²) < 4.78 is 33.8. The van der Waals surface area contributed by atoms with Gasteiger partial charge in [0.25, 0.3) is 0 Å². The van der Waals surface area contributed by atoms with Gasteiger partial charge >= 0.3 is 5.97 Å². The van der Waals surface area contributed by atoms with Gasteiger partial charge < -0.3 is 38.6 Å². The average Bonchev–Trinajstić information content (AvgIpc) is 3.61. The average molecular weight is 585 g/mol. The van der Waals surface area contributed by atoms with E-state index in [1.807, 2.05) is 36.4 Å². The molecule has 1 aliphatic carbocycles. The summed E-state index contributed by atoms with van der Waals surface area (Å²) in [5.74, 6) is -0.528. The molecule has 0 aromatic heterocycles. The molecule has 9 nitrogen and oxygen atoms in total. The Bertz CT molecular complexity index is 1620. The summed E-state index contributed by atoms with van der Waals surface area (Å²) in [6.07, 6.45) is 0. The lowest BCUT2D eigenvalue weighted by Gasteiger charge is -2.33. The number of hydrogen-bond acceptors (Lipinski definition) is 9. The van der Waals surface area contributed by atoms with Crippen molar-refractivity contribution < 1.29 is 43.4 Å². The molecule has 43 heavy (non-hydrogen) atoms. The molecule has 4 aromatic rings. The van der Waals surface area contributed by atoms with Crippen LogP contribution in [0.2, 0.25) is 0 Å². The van der Waals surface area contributed by atoms with Crippen LogP contribution in [0, 0.1) is 5.92 Å². The number of ether oxygens (including phenoxy) is 6. The van der Waals surface area contributed by atoms with Crippen LogP contribution in [0.3, 0.4) is 0 Å². The second kappa shape index (κ2) is 11.9. The lowest BCUT2D eigenvalue weighted by atomic mass is 9.76. The number of fused-ring (bicyclic) bond motifs is 2. The predicted octanol–water partition coefficient (Wildman–Crippen LogP) is 4.90. The maximum Gasteiger partial charge on any atom is 0.313 e. The number of phenols is 1. The molecule has 0 fully saturated rings. The summed E-state index contributed by atoms with van der Waals surface area (Å²) in [6, 6.07) is 25.0. The van der Waals surface area contributed by atoms with E-state index in [-0.39, 0.29) is 25.8 Å². The Morgan fingerprint density at radius 3 is 2.51 bits per heavy atom. The van der Waals surface area contributed by atoms with Gasteiger partial charge in [-0.15, -0.1) is 0 Å². The van der Waals surface area contributed by atoms with Crippen molar-refractivity contribution in [1.29, 1.82) is 0 Å². The van der Waals surface area contributed by atoms with Crippen molar-refractivity contribution in [2.45, 2.75) is 18.1 Å². The van der Waals surface area contributed by atoms with Crippen molar-refractivity contribution in [1.82, 2.24) is 0 Å². The van der Waals surface area contributed by atoms with Crippen molar-refractivity contribution in [3.05, 3.63) is 113 Å². The SMILES string of the molecule is COC(=O)[C@@H]1[C@@H](c2ccc3c(c2)OCO3)c2ccc(O)cc2C1(O)c1ccc(OC)cc1OCCOCc1ccccc1. The van der Waals surface area contributed by atoms with Gasteiger partial charge in [-0.3, -0.25) is 4.79 Å². The molecule has 2 N–H and O–H groups in total. The molecular formula is C34H32O9. The summed E-state index contributed by atoms with van der Waals surface area (Å²) in [5.41, 5.74) is 1.14. The quantitative estimate of drug-likeness (QED) is 0.199. The Morgan fingerprint density at radius 1 is 0.907 bits per heavy atom. The number of carbonyl (C=O) groups excluding carboxylic acids is 1. The third kappa shape index (κ3) is 5.22. The van der Waals surface area contributed by atoms with Crippen LogP contribution in [-0.2, 0) is 26.5 Å². The van der Waals surface area contributed by atoms with Crippen LogP contribution in [0.4, 0.5) is 0 Å². The molecule has 0 spiro atoms. The molecule has 6 rings (SSSR count). The van der Waals surface area contributed by atoms with Crippen LogP contribution in [0.5, 0.6) is 28.7 Å². The zero-order chi connectivity index (χ0) is 30.0. The van der Waals surface area contributed by atoms with Crippen molar-refractivity contribution in [2.75, 3.05) is 34.2 Å². The lowest BCUT2D eigenvalue weighted by molar-refractivity contribution is -0.153. The minimum Gasteiger partial charge on any atom is -0.508 e. The fourth-order valence-corrected chi connectivity index (χ4v) is 6.00. The van der Waals surface area contributed by atoms with Crippen LogP contribution < -0.4 is 18.9 Å². The number of benzene rings is 4. The summed E-state index contributed by atoms with van der Waals surface area (Å²) >= 11 is 0. The molecule has 0 bridgehead atoms. The molecule has 2 aliphatic rings. The molecule has 1 unspecified atom stereocenters. The first-order chi connectivity index (χ1) is 20.9. The molecule has 222 valence electrons. The largest absolute Gasteiger partial charge is 0.508 e. The van der Waals surface area contributed by atoms with Gasteiger partial charge in [0.05, 0.1) is 27.4 Å². The van der Waals surface area contributed by atoms with Gasteiger partial charge in [-0.1, -0.05) is 42.5 Å². The van der Waals surface area contributed by atoms with Crippen LogP contribution in [-0.4, -0.2) is 50.4 Å². The number of rotatable bonds is 10. The highest BCUT2D eigenvalue weighted by Crippen LogP contribution is 2.58. The van der Waals surface area contributed by atoms with E-state index in [9.17, 15) is 15.0 Å². The first-order valence-electron chi connectivity index (χ1n) is 13.9. The monoisotopic (exact) mass is 584 g/mol. The van der Waals surface area contributed by atoms with E-state index in [1.165, 1.54) is 26.4 Å². The molecule has 0 radical (unpaired) electrons. The molecule has 3 atom stereocenters. The molecule has 0 saturated carbocycles. The van der Waals surface area contributed by atoms with Crippen LogP contribution in [0.25, 0.3) is 0 Å². The summed E-state index contributed by atoms with van der Waals surface area (Å²) in [6.45, 7) is 0.972. The fraction of sp³-hybridized carbons (Fsp3) is 0.265. The lowest BCUT2D eigenvalue weighted by Crippen LogP contribution is -2.40. The van der Waals surface area contributed by atoms with Gasteiger partial charge in [0.1, 0.15) is 35.4 Å². The van der Waals surface area contributed by atoms with Crippen molar-refractivity contribution >= 4 is 5.97 Å². The minimum absolute atomic E-state index is 0.0579. The highest BCUT2D eigenvalue weighted by Gasteiger charge is 2.58. The molecule has 4 aromatic carbocycles. The van der Waals surface area contributed by atoms with E-state index in [0.29, 0.717) is 51.9 Å². The zero-order valence-electron chi connectivity index (χ0n) is 23.8. The van der Waals surface area contributed by atoms with Gasteiger partial charge in [0.2, 0.25) is 6.79 Å². The van der Waals surface area contributed by atoms with Gasteiger partial charge in [0.15, 0.2) is 11.5 Å². The smallest absolute Gasteiger partial charge is 0.313 e. The summed E-state index contributed by atoms with van der Waals surface area (Å²) in [7, 11) is 2.82. The number of aromatic hydroxyl groups is 1. The topological polar surface area (TPSA) is 113 Å². The number of hydrogen-bond donors (Lipinski definition) is 2. The van der Waals surface area contributed by atoms with E-state index >= 15 is 0 Å². The summed E-state index contributed by atoms with van der Waals surface area (Å²) in [5, 5.41) is 23.4. The Hall–Kier alpha value is -4.73. The normalized spacial score (nSPS) is 20.0. The summed E-state index contributed by atoms with van der Waals surface area (Å²) in [4.78, 5) is 13.7. The van der Waals surface area contributed by atoms with Crippen LogP contribution in [0.1, 0.15) is 33.7 Å². The first-order valence-corrected chi connectivity index (χ1v) is 13.9. The number of carbonyl (C=O) groups is 1. The minimum atomic E-state index is -1.95. The zero-order valence-corrected chi connectivity index (χ0v) is 23.8. The number of esters is 1. The van der Waals surface area contributed by atoms with E-state index < -0.39 is 23.4 Å².